The molecule has 1 amide bonds. The van der Waals surface area contributed by atoms with Crippen LogP contribution in [0.5, 0.6) is 0 Å². The van der Waals surface area contributed by atoms with Gasteiger partial charge in [-0.05, 0) is 43.0 Å². The molecule has 2 N–H and O–H groups in total. The quantitative estimate of drug-likeness (QED) is 0.895. The number of nitrogens with one attached hydrogen (secondary N) is 1. The Labute approximate surface area is 116 Å². The van der Waals surface area contributed by atoms with E-state index in [0.29, 0.717) is 23.6 Å². The second-order valence-electron chi connectivity index (χ2n) is 5.12. The Morgan fingerprint density at radius 2 is 1.79 bits per heavy atom. The maximum Gasteiger partial charge on any atom is 0.307 e. The molecule has 2 rings (SSSR count). The number of benzene rings is 1. The number of amides is 1. The summed E-state index contributed by atoms with van der Waals surface area (Å²) in [6, 6.07) is 6.77. The van der Waals surface area contributed by atoms with Gasteiger partial charge in [-0.3, -0.25) is 9.59 Å². The molecular formula is C14H16ClNO3. The van der Waals surface area contributed by atoms with E-state index in [9.17, 15) is 9.59 Å². The van der Waals surface area contributed by atoms with Gasteiger partial charge in [0.25, 0.3) is 0 Å². The molecule has 1 aliphatic carbocycles. The first kappa shape index (κ1) is 13.9. The second-order valence-corrected chi connectivity index (χ2v) is 5.56. The first-order chi connectivity index (χ1) is 8.97. The zero-order valence-electron chi connectivity index (χ0n) is 10.6. The minimum Gasteiger partial charge on any atom is -0.481 e. The summed E-state index contributed by atoms with van der Waals surface area (Å²) in [5, 5.41) is 12.5. The minimum absolute atomic E-state index is 0.223. The van der Waals surface area contributed by atoms with E-state index < -0.39 is 17.8 Å². The van der Waals surface area contributed by atoms with Crippen molar-refractivity contribution in [1.29, 1.82) is 0 Å². The van der Waals surface area contributed by atoms with Gasteiger partial charge in [-0.1, -0.05) is 18.5 Å². The number of rotatable bonds is 3. The second kappa shape index (κ2) is 5.61. The Balaban J connectivity index is 2.06. The highest BCUT2D eigenvalue weighted by Crippen LogP contribution is 2.37. The number of aliphatic carboxylic acids is 1. The molecule has 0 saturated heterocycles. The monoisotopic (exact) mass is 281 g/mol. The van der Waals surface area contributed by atoms with Gasteiger partial charge in [-0.2, -0.15) is 0 Å². The summed E-state index contributed by atoms with van der Waals surface area (Å²) < 4.78 is 0. The SMILES string of the molecule is CC1C[C@H](C(=O)Nc2ccc(Cl)cc2)[C@H](C(=O)O)C1. The summed E-state index contributed by atoms with van der Waals surface area (Å²) in [6.07, 6.45) is 1.18. The molecule has 0 radical (unpaired) electrons. The molecule has 4 nitrogen and oxygen atoms in total. The van der Waals surface area contributed by atoms with Crippen LogP contribution in [0.1, 0.15) is 19.8 Å². The Bertz CT molecular complexity index is 486. The van der Waals surface area contributed by atoms with E-state index in [4.69, 9.17) is 16.7 Å². The average molecular weight is 282 g/mol. The van der Waals surface area contributed by atoms with Crippen molar-refractivity contribution in [2.24, 2.45) is 17.8 Å². The summed E-state index contributed by atoms with van der Waals surface area (Å²) in [5.41, 5.74) is 0.637. The fraction of sp³-hybridized carbons (Fsp3) is 0.429. The largest absolute Gasteiger partial charge is 0.481 e. The van der Waals surface area contributed by atoms with Crippen molar-refractivity contribution >= 4 is 29.2 Å². The lowest BCUT2D eigenvalue weighted by Crippen LogP contribution is -2.29. The van der Waals surface area contributed by atoms with Crippen molar-refractivity contribution < 1.29 is 14.7 Å². The number of carbonyl (C=O) groups is 2. The number of carbonyl (C=O) groups excluding carboxylic acids is 1. The third-order valence-electron chi connectivity index (χ3n) is 3.56. The standard InChI is InChI=1S/C14H16ClNO3/c1-8-6-11(12(7-8)14(18)19)13(17)16-10-4-2-9(15)3-5-10/h2-5,8,11-12H,6-7H2,1H3,(H,16,17)(H,18,19)/t8?,11-,12+/m0/s1. The fourth-order valence-corrected chi connectivity index (χ4v) is 2.75. The Hall–Kier alpha value is -1.55. The molecule has 0 bridgehead atoms. The zero-order valence-corrected chi connectivity index (χ0v) is 11.4. The van der Waals surface area contributed by atoms with E-state index in [1.54, 1.807) is 24.3 Å². The van der Waals surface area contributed by atoms with E-state index >= 15 is 0 Å². The van der Waals surface area contributed by atoms with Crippen LogP contribution in [0.25, 0.3) is 0 Å². The maximum absolute atomic E-state index is 12.2. The molecule has 1 aromatic carbocycles. The number of carboxylic acid groups (broad SMARTS) is 1. The number of carboxylic acids is 1. The molecule has 0 aliphatic heterocycles. The number of halogens is 1. The van der Waals surface area contributed by atoms with Gasteiger partial charge in [-0.15, -0.1) is 0 Å². The molecule has 19 heavy (non-hydrogen) atoms. The number of hydrogen-bond donors (Lipinski definition) is 2. The predicted octanol–water partition coefficient (Wildman–Crippen LogP) is 3.03. The van der Waals surface area contributed by atoms with Crippen LogP contribution in [-0.2, 0) is 9.59 Å². The van der Waals surface area contributed by atoms with E-state index in [1.165, 1.54) is 0 Å². The van der Waals surface area contributed by atoms with Gasteiger partial charge >= 0.3 is 5.97 Å². The Kier molecular flexibility index (Phi) is 4.10. The summed E-state index contributed by atoms with van der Waals surface area (Å²) in [6.45, 7) is 1.98. The van der Waals surface area contributed by atoms with E-state index in [0.717, 1.165) is 0 Å². The molecule has 1 fully saturated rings. The van der Waals surface area contributed by atoms with Crippen LogP contribution < -0.4 is 5.32 Å². The van der Waals surface area contributed by atoms with Crippen LogP contribution in [0.4, 0.5) is 5.69 Å². The Morgan fingerprint density at radius 1 is 1.21 bits per heavy atom. The van der Waals surface area contributed by atoms with Crippen LogP contribution in [0.2, 0.25) is 5.02 Å². The van der Waals surface area contributed by atoms with Crippen molar-refractivity contribution in [2.75, 3.05) is 5.32 Å². The summed E-state index contributed by atoms with van der Waals surface area (Å²) in [5.74, 6) is -1.88. The van der Waals surface area contributed by atoms with Crippen LogP contribution in [-0.4, -0.2) is 17.0 Å². The highest BCUT2D eigenvalue weighted by Gasteiger charge is 2.41. The number of hydrogen-bond acceptors (Lipinski definition) is 2. The topological polar surface area (TPSA) is 66.4 Å². The lowest BCUT2D eigenvalue weighted by atomic mass is 9.95. The van der Waals surface area contributed by atoms with Crippen LogP contribution in [0.15, 0.2) is 24.3 Å². The minimum atomic E-state index is -0.888. The molecule has 1 saturated carbocycles. The van der Waals surface area contributed by atoms with Crippen molar-refractivity contribution in [3.05, 3.63) is 29.3 Å². The van der Waals surface area contributed by atoms with Gasteiger partial charge in [0.05, 0.1) is 11.8 Å². The molecule has 1 unspecified atom stereocenters. The fourth-order valence-electron chi connectivity index (χ4n) is 2.62. The van der Waals surface area contributed by atoms with Crippen molar-refractivity contribution in [3.63, 3.8) is 0 Å². The normalized spacial score (nSPS) is 26.1. The number of anilines is 1. The molecule has 0 spiro atoms. The van der Waals surface area contributed by atoms with Crippen molar-refractivity contribution in [3.8, 4) is 0 Å². The van der Waals surface area contributed by atoms with Crippen LogP contribution in [0.3, 0.4) is 0 Å². The summed E-state index contributed by atoms with van der Waals surface area (Å²) in [4.78, 5) is 23.3. The molecule has 1 aromatic rings. The zero-order chi connectivity index (χ0) is 14.0. The molecule has 5 heteroatoms. The van der Waals surface area contributed by atoms with Gasteiger partial charge in [0.2, 0.25) is 5.91 Å². The molecule has 0 aromatic heterocycles. The van der Waals surface area contributed by atoms with Crippen molar-refractivity contribution in [1.82, 2.24) is 0 Å². The van der Waals surface area contributed by atoms with Crippen LogP contribution in [0, 0.1) is 17.8 Å². The molecule has 0 heterocycles. The van der Waals surface area contributed by atoms with Gasteiger partial charge in [0, 0.05) is 10.7 Å². The highest BCUT2D eigenvalue weighted by atomic mass is 35.5. The lowest BCUT2D eigenvalue weighted by molar-refractivity contribution is -0.145. The van der Waals surface area contributed by atoms with Gasteiger partial charge in [0.1, 0.15) is 0 Å². The van der Waals surface area contributed by atoms with Crippen molar-refractivity contribution in [2.45, 2.75) is 19.8 Å². The molecule has 1 aliphatic rings. The van der Waals surface area contributed by atoms with E-state index in [-0.39, 0.29) is 11.8 Å². The summed E-state index contributed by atoms with van der Waals surface area (Å²) >= 11 is 5.77. The summed E-state index contributed by atoms with van der Waals surface area (Å²) in [7, 11) is 0. The first-order valence-corrected chi connectivity index (χ1v) is 6.64. The van der Waals surface area contributed by atoms with E-state index in [1.807, 2.05) is 6.92 Å². The third kappa shape index (κ3) is 3.26. The van der Waals surface area contributed by atoms with Gasteiger partial charge in [-0.25, -0.2) is 0 Å². The Morgan fingerprint density at radius 3 is 2.37 bits per heavy atom. The molecule has 102 valence electrons. The van der Waals surface area contributed by atoms with Gasteiger partial charge < -0.3 is 10.4 Å². The lowest BCUT2D eigenvalue weighted by Gasteiger charge is -2.15. The highest BCUT2D eigenvalue weighted by molar-refractivity contribution is 6.30. The van der Waals surface area contributed by atoms with E-state index in [2.05, 4.69) is 5.32 Å². The first-order valence-electron chi connectivity index (χ1n) is 6.26. The predicted molar refractivity (Wildman–Crippen MR) is 73.1 cm³/mol. The van der Waals surface area contributed by atoms with Gasteiger partial charge in [0.15, 0.2) is 0 Å². The maximum atomic E-state index is 12.2. The smallest absolute Gasteiger partial charge is 0.307 e. The average Bonchev–Trinajstić information content (AvgIpc) is 2.74. The van der Waals surface area contributed by atoms with Crippen LogP contribution >= 0.6 is 11.6 Å². The third-order valence-corrected chi connectivity index (χ3v) is 3.82. The molecule has 3 atom stereocenters. The molecular weight excluding hydrogens is 266 g/mol.